The fourth-order valence-corrected chi connectivity index (χ4v) is 6.27. The van der Waals surface area contributed by atoms with Crippen LogP contribution in [-0.4, -0.2) is 67.3 Å². The van der Waals surface area contributed by atoms with Crippen LogP contribution < -0.4 is 9.64 Å². The number of benzene rings is 1. The molecule has 2 unspecified atom stereocenters. The van der Waals surface area contributed by atoms with Crippen LogP contribution in [0.1, 0.15) is 41.6 Å². The van der Waals surface area contributed by atoms with Crippen LogP contribution in [0.5, 0.6) is 6.01 Å². The van der Waals surface area contributed by atoms with E-state index in [0.717, 1.165) is 43.6 Å². The maximum Gasteiger partial charge on any atom is 0.318 e. The number of piperazine rings is 1. The second-order valence-electron chi connectivity index (χ2n) is 10.1. The van der Waals surface area contributed by atoms with Crippen LogP contribution in [-0.2, 0) is 34.2 Å². The lowest BCUT2D eigenvalue weighted by Gasteiger charge is -2.43. The molecule has 0 radical (unpaired) electrons. The van der Waals surface area contributed by atoms with E-state index in [1.807, 2.05) is 0 Å². The first kappa shape index (κ1) is 24.3. The number of nitriles is 1. The highest BCUT2D eigenvalue weighted by Crippen LogP contribution is 2.48. The number of aromatic nitrogens is 2. The number of carbonyl (C=O) groups excluding carboxylic acids is 1. The predicted molar refractivity (Wildman–Crippen MR) is 136 cm³/mol. The second kappa shape index (κ2) is 9.90. The molecule has 0 bridgehead atoms. The van der Waals surface area contributed by atoms with E-state index in [-0.39, 0.29) is 30.4 Å². The molecule has 2 aliphatic carbocycles. The number of ether oxygens (including phenoxy) is 2. The zero-order chi connectivity index (χ0) is 25.3. The van der Waals surface area contributed by atoms with Crippen LogP contribution in [0.4, 0.5) is 5.82 Å². The SMILES string of the molecule is C=C(COC)C(=O)N1CCN(c2nc(OC)nc3c2CCC2(CCc4ccccc42)C3)CC1CC#N. The number of amides is 1. The minimum absolute atomic E-state index is 0.121. The average molecular weight is 488 g/mol. The molecule has 5 rings (SSSR count). The van der Waals surface area contributed by atoms with Crippen molar-refractivity contribution in [1.29, 1.82) is 5.26 Å². The standard InChI is InChI=1S/C28H33N5O3/c1-19(18-35-2)26(34)33-15-14-32(17-21(33)10-13-29)25-22-9-12-28(16-24(22)30-27(31-25)36-3)11-8-20-6-4-5-7-23(20)28/h4-7,21H,1,8-12,14-18H2,2-3H3. The molecule has 1 fully saturated rings. The smallest absolute Gasteiger partial charge is 0.318 e. The minimum Gasteiger partial charge on any atom is -0.467 e. The molecule has 188 valence electrons. The molecule has 8 heteroatoms. The van der Waals surface area contributed by atoms with Crippen molar-refractivity contribution in [2.24, 2.45) is 0 Å². The van der Waals surface area contributed by atoms with E-state index in [1.54, 1.807) is 19.1 Å². The van der Waals surface area contributed by atoms with Crippen molar-refractivity contribution < 1.29 is 14.3 Å². The van der Waals surface area contributed by atoms with Crippen LogP contribution in [0, 0.1) is 11.3 Å². The van der Waals surface area contributed by atoms with Gasteiger partial charge < -0.3 is 19.3 Å². The van der Waals surface area contributed by atoms with Crippen molar-refractivity contribution in [3.8, 4) is 12.1 Å². The van der Waals surface area contributed by atoms with E-state index in [1.165, 1.54) is 16.7 Å². The van der Waals surface area contributed by atoms with Crippen molar-refractivity contribution in [2.75, 3.05) is 45.4 Å². The maximum absolute atomic E-state index is 13.0. The Morgan fingerprint density at radius 3 is 2.81 bits per heavy atom. The third-order valence-electron chi connectivity index (χ3n) is 8.05. The van der Waals surface area contributed by atoms with Gasteiger partial charge in [-0.1, -0.05) is 30.8 Å². The average Bonchev–Trinajstić information content (AvgIpc) is 3.25. The van der Waals surface area contributed by atoms with E-state index < -0.39 is 0 Å². The summed E-state index contributed by atoms with van der Waals surface area (Å²) in [5.41, 5.74) is 5.67. The van der Waals surface area contributed by atoms with Crippen molar-refractivity contribution >= 4 is 11.7 Å². The highest BCUT2D eigenvalue weighted by molar-refractivity contribution is 5.93. The Kier molecular flexibility index (Phi) is 6.67. The van der Waals surface area contributed by atoms with E-state index in [2.05, 4.69) is 41.8 Å². The van der Waals surface area contributed by atoms with Gasteiger partial charge in [-0.25, -0.2) is 0 Å². The molecule has 1 aliphatic heterocycles. The van der Waals surface area contributed by atoms with Gasteiger partial charge in [0.25, 0.3) is 5.91 Å². The molecular formula is C28H33N5O3. The molecule has 1 amide bonds. The molecule has 1 aromatic carbocycles. The zero-order valence-electron chi connectivity index (χ0n) is 21.1. The van der Waals surface area contributed by atoms with E-state index in [0.29, 0.717) is 31.2 Å². The molecule has 2 atom stereocenters. The third kappa shape index (κ3) is 4.22. The van der Waals surface area contributed by atoms with Gasteiger partial charge in [-0.15, -0.1) is 0 Å². The number of anilines is 1. The first-order chi connectivity index (χ1) is 17.5. The fourth-order valence-electron chi connectivity index (χ4n) is 6.27. The Bertz CT molecular complexity index is 1220. The van der Waals surface area contributed by atoms with E-state index in [9.17, 15) is 10.1 Å². The number of nitrogens with zero attached hydrogens (tertiary/aromatic N) is 5. The lowest BCUT2D eigenvalue weighted by Crippen LogP contribution is -2.56. The number of fused-ring (bicyclic) bond motifs is 3. The molecular weight excluding hydrogens is 454 g/mol. The highest BCUT2D eigenvalue weighted by Gasteiger charge is 2.43. The molecule has 8 nitrogen and oxygen atoms in total. The summed E-state index contributed by atoms with van der Waals surface area (Å²) in [7, 11) is 3.15. The van der Waals surface area contributed by atoms with Gasteiger partial charge in [-0.05, 0) is 43.2 Å². The maximum atomic E-state index is 13.0. The van der Waals surface area contributed by atoms with Crippen LogP contribution in [0.2, 0.25) is 0 Å². The first-order valence-electron chi connectivity index (χ1n) is 12.6. The summed E-state index contributed by atoms with van der Waals surface area (Å²) in [6, 6.07) is 11.2. The molecule has 2 aromatic rings. The largest absolute Gasteiger partial charge is 0.467 e. The predicted octanol–water partition coefficient (Wildman–Crippen LogP) is 2.99. The molecule has 2 heterocycles. The van der Waals surface area contributed by atoms with Gasteiger partial charge in [0.2, 0.25) is 0 Å². The molecule has 1 aromatic heterocycles. The van der Waals surface area contributed by atoms with Crippen LogP contribution >= 0.6 is 0 Å². The van der Waals surface area contributed by atoms with Crippen molar-refractivity contribution in [2.45, 2.75) is 50.0 Å². The van der Waals surface area contributed by atoms with Crippen molar-refractivity contribution in [3.05, 3.63) is 58.8 Å². The minimum atomic E-state index is -0.252. The Morgan fingerprint density at radius 2 is 2.03 bits per heavy atom. The lowest BCUT2D eigenvalue weighted by atomic mass is 9.69. The van der Waals surface area contributed by atoms with Crippen LogP contribution in [0.3, 0.4) is 0 Å². The van der Waals surface area contributed by atoms with Gasteiger partial charge in [-0.2, -0.15) is 15.2 Å². The summed E-state index contributed by atoms with van der Waals surface area (Å²) in [6.07, 6.45) is 5.34. The summed E-state index contributed by atoms with van der Waals surface area (Å²) in [5.74, 6) is 0.727. The number of methoxy groups -OCH3 is 2. The van der Waals surface area contributed by atoms with Crippen LogP contribution in [0.15, 0.2) is 36.4 Å². The Balaban J connectivity index is 1.44. The summed E-state index contributed by atoms with van der Waals surface area (Å²) in [4.78, 5) is 26.5. The lowest BCUT2D eigenvalue weighted by molar-refractivity contribution is -0.130. The molecule has 0 saturated carbocycles. The van der Waals surface area contributed by atoms with Crippen LogP contribution in [0.25, 0.3) is 0 Å². The molecule has 1 saturated heterocycles. The van der Waals surface area contributed by atoms with Gasteiger partial charge in [0.15, 0.2) is 0 Å². The monoisotopic (exact) mass is 487 g/mol. The Labute approximate surface area is 212 Å². The number of hydrogen-bond donors (Lipinski definition) is 0. The van der Waals surface area contributed by atoms with Gasteiger partial charge in [0, 0.05) is 43.3 Å². The third-order valence-corrected chi connectivity index (χ3v) is 8.05. The van der Waals surface area contributed by atoms with Gasteiger partial charge in [0.05, 0.1) is 37.9 Å². The number of hydrogen-bond acceptors (Lipinski definition) is 7. The molecule has 36 heavy (non-hydrogen) atoms. The zero-order valence-corrected chi connectivity index (χ0v) is 21.1. The highest BCUT2D eigenvalue weighted by atomic mass is 16.5. The quantitative estimate of drug-likeness (QED) is 0.579. The molecule has 3 aliphatic rings. The van der Waals surface area contributed by atoms with Gasteiger partial charge in [0.1, 0.15) is 5.82 Å². The van der Waals surface area contributed by atoms with Crippen molar-refractivity contribution in [1.82, 2.24) is 14.9 Å². The molecule has 1 spiro atoms. The molecule has 0 N–H and O–H groups in total. The summed E-state index contributed by atoms with van der Waals surface area (Å²) in [6.45, 7) is 5.69. The second-order valence-corrected chi connectivity index (χ2v) is 10.1. The van der Waals surface area contributed by atoms with E-state index >= 15 is 0 Å². The summed E-state index contributed by atoms with van der Waals surface area (Å²) in [5, 5.41) is 9.49. The van der Waals surface area contributed by atoms with Gasteiger partial charge >= 0.3 is 6.01 Å². The Hall–Kier alpha value is -3.44. The number of aryl methyl sites for hydroxylation is 1. The fraction of sp³-hybridized carbons (Fsp3) is 0.500. The summed E-state index contributed by atoms with van der Waals surface area (Å²) < 4.78 is 10.6. The number of carbonyl (C=O) groups is 1. The van der Waals surface area contributed by atoms with E-state index in [4.69, 9.17) is 19.4 Å². The Morgan fingerprint density at radius 1 is 1.22 bits per heavy atom. The van der Waals surface area contributed by atoms with Crippen molar-refractivity contribution in [3.63, 3.8) is 0 Å². The van der Waals surface area contributed by atoms with Gasteiger partial charge in [-0.3, -0.25) is 4.79 Å². The number of rotatable bonds is 6. The topological polar surface area (TPSA) is 91.6 Å². The first-order valence-corrected chi connectivity index (χ1v) is 12.6. The normalized spacial score (nSPS) is 22.6. The summed E-state index contributed by atoms with van der Waals surface area (Å²) >= 11 is 0.